The molecule has 0 saturated heterocycles. The lowest BCUT2D eigenvalue weighted by molar-refractivity contribution is -0.123. The van der Waals surface area contributed by atoms with E-state index in [1.807, 2.05) is 24.3 Å². The molecule has 2 rings (SSSR count). The predicted molar refractivity (Wildman–Crippen MR) is 101 cm³/mol. The van der Waals surface area contributed by atoms with Crippen LogP contribution in [0, 0.1) is 0 Å². The molecule has 0 radical (unpaired) electrons. The molecular weight excluding hydrogens is 314 g/mol. The Bertz CT molecular complexity index is 685. The maximum Gasteiger partial charge on any atom is 0.258 e. The standard InChI is InChI=1S/C21H27NO3/c1-15(13-23)22-20(24)14-25-19-11-7-17(8-12-19)16-5-9-18(10-6-16)21(2,3)4/h5-12,15,23H,13-14H2,1-4H3,(H,22,24). The number of carbonyl (C=O) groups excluding carboxylic acids is 1. The third-order valence-electron chi connectivity index (χ3n) is 3.99. The molecule has 4 nitrogen and oxygen atoms in total. The Morgan fingerprint density at radius 1 is 1.04 bits per heavy atom. The zero-order valence-corrected chi connectivity index (χ0v) is 15.4. The van der Waals surface area contributed by atoms with Gasteiger partial charge in [-0.3, -0.25) is 4.79 Å². The van der Waals surface area contributed by atoms with E-state index in [1.165, 1.54) is 5.56 Å². The molecule has 1 unspecified atom stereocenters. The molecule has 0 spiro atoms. The number of aliphatic hydroxyl groups is 1. The first-order valence-corrected chi connectivity index (χ1v) is 8.53. The summed E-state index contributed by atoms with van der Waals surface area (Å²) in [5, 5.41) is 11.6. The highest BCUT2D eigenvalue weighted by molar-refractivity contribution is 5.77. The van der Waals surface area contributed by atoms with E-state index in [9.17, 15) is 4.79 Å². The van der Waals surface area contributed by atoms with Crippen molar-refractivity contribution in [2.75, 3.05) is 13.2 Å². The number of amides is 1. The average Bonchev–Trinajstić information content (AvgIpc) is 2.59. The Kier molecular flexibility index (Phi) is 6.21. The van der Waals surface area contributed by atoms with E-state index in [-0.39, 0.29) is 30.6 Å². The van der Waals surface area contributed by atoms with E-state index < -0.39 is 0 Å². The summed E-state index contributed by atoms with van der Waals surface area (Å²) in [6, 6.07) is 16.0. The third kappa shape index (κ3) is 5.61. The van der Waals surface area contributed by atoms with E-state index in [2.05, 4.69) is 50.4 Å². The topological polar surface area (TPSA) is 58.6 Å². The maximum absolute atomic E-state index is 11.6. The van der Waals surface area contributed by atoms with Crippen molar-refractivity contribution in [3.05, 3.63) is 54.1 Å². The van der Waals surface area contributed by atoms with Crippen LogP contribution >= 0.6 is 0 Å². The van der Waals surface area contributed by atoms with Gasteiger partial charge in [0.25, 0.3) is 5.91 Å². The largest absolute Gasteiger partial charge is 0.484 e. The van der Waals surface area contributed by atoms with Crippen LogP contribution < -0.4 is 10.1 Å². The number of benzene rings is 2. The summed E-state index contributed by atoms with van der Waals surface area (Å²) < 4.78 is 5.47. The number of ether oxygens (including phenoxy) is 1. The molecule has 0 heterocycles. The van der Waals surface area contributed by atoms with Gasteiger partial charge >= 0.3 is 0 Å². The number of aliphatic hydroxyl groups excluding tert-OH is 1. The predicted octanol–water partition coefficient (Wildman–Crippen LogP) is 3.53. The molecule has 0 saturated carbocycles. The minimum atomic E-state index is -0.269. The Balaban J connectivity index is 1.97. The van der Waals surface area contributed by atoms with Crippen molar-refractivity contribution in [1.29, 1.82) is 0 Å². The summed E-state index contributed by atoms with van der Waals surface area (Å²) in [5.74, 6) is 0.394. The highest BCUT2D eigenvalue weighted by atomic mass is 16.5. The zero-order valence-electron chi connectivity index (χ0n) is 15.4. The molecular formula is C21H27NO3. The van der Waals surface area contributed by atoms with Crippen molar-refractivity contribution < 1.29 is 14.6 Å². The molecule has 2 aromatic carbocycles. The van der Waals surface area contributed by atoms with Crippen LogP contribution in [0.25, 0.3) is 11.1 Å². The molecule has 0 aliphatic heterocycles. The van der Waals surface area contributed by atoms with Crippen LogP contribution in [0.5, 0.6) is 5.75 Å². The lowest BCUT2D eigenvalue weighted by Crippen LogP contribution is -2.38. The summed E-state index contributed by atoms with van der Waals surface area (Å²) in [6.45, 7) is 8.18. The molecule has 0 bridgehead atoms. The third-order valence-corrected chi connectivity index (χ3v) is 3.99. The van der Waals surface area contributed by atoms with Gasteiger partial charge in [-0.1, -0.05) is 57.2 Å². The van der Waals surface area contributed by atoms with Gasteiger partial charge in [-0.05, 0) is 41.2 Å². The van der Waals surface area contributed by atoms with Crippen molar-refractivity contribution in [2.45, 2.75) is 39.2 Å². The van der Waals surface area contributed by atoms with Gasteiger partial charge in [0.15, 0.2) is 6.61 Å². The maximum atomic E-state index is 11.6. The van der Waals surface area contributed by atoms with Crippen molar-refractivity contribution in [2.24, 2.45) is 0 Å². The van der Waals surface area contributed by atoms with Gasteiger partial charge in [0.1, 0.15) is 5.75 Å². The minimum Gasteiger partial charge on any atom is -0.484 e. The minimum absolute atomic E-state index is 0.0655. The highest BCUT2D eigenvalue weighted by Crippen LogP contribution is 2.27. The van der Waals surface area contributed by atoms with E-state index in [1.54, 1.807) is 6.92 Å². The lowest BCUT2D eigenvalue weighted by Gasteiger charge is -2.19. The molecule has 0 aliphatic rings. The van der Waals surface area contributed by atoms with Gasteiger partial charge in [0.2, 0.25) is 0 Å². The summed E-state index contributed by atoms with van der Waals surface area (Å²) in [5.41, 5.74) is 3.70. The molecule has 2 N–H and O–H groups in total. The number of rotatable bonds is 6. The second kappa shape index (κ2) is 8.17. The normalized spacial score (nSPS) is 12.5. The summed E-state index contributed by atoms with van der Waals surface area (Å²) in [4.78, 5) is 11.6. The van der Waals surface area contributed by atoms with Gasteiger partial charge < -0.3 is 15.2 Å². The Morgan fingerprint density at radius 3 is 2.04 bits per heavy atom. The van der Waals surface area contributed by atoms with Crippen LogP contribution in [0.3, 0.4) is 0 Å². The van der Waals surface area contributed by atoms with Gasteiger partial charge in [-0.15, -0.1) is 0 Å². The summed E-state index contributed by atoms with van der Waals surface area (Å²) >= 11 is 0. The second-order valence-electron chi connectivity index (χ2n) is 7.29. The molecule has 0 aromatic heterocycles. The monoisotopic (exact) mass is 341 g/mol. The summed E-state index contributed by atoms with van der Waals surface area (Å²) in [7, 11) is 0. The first-order chi connectivity index (χ1) is 11.8. The lowest BCUT2D eigenvalue weighted by atomic mass is 9.86. The van der Waals surface area contributed by atoms with Crippen molar-refractivity contribution in [1.82, 2.24) is 5.32 Å². The number of carbonyl (C=O) groups is 1. The molecule has 134 valence electrons. The Morgan fingerprint density at radius 2 is 1.56 bits per heavy atom. The zero-order chi connectivity index (χ0) is 18.4. The summed E-state index contributed by atoms with van der Waals surface area (Å²) in [6.07, 6.45) is 0. The molecule has 1 amide bonds. The van der Waals surface area contributed by atoms with E-state index in [0.717, 1.165) is 11.1 Å². The van der Waals surface area contributed by atoms with Crippen molar-refractivity contribution in [3.8, 4) is 16.9 Å². The van der Waals surface area contributed by atoms with E-state index in [4.69, 9.17) is 9.84 Å². The second-order valence-corrected chi connectivity index (χ2v) is 7.29. The first-order valence-electron chi connectivity index (χ1n) is 8.53. The molecule has 4 heteroatoms. The Hall–Kier alpha value is -2.33. The fraction of sp³-hybridized carbons (Fsp3) is 0.381. The molecule has 0 aliphatic carbocycles. The van der Waals surface area contributed by atoms with Gasteiger partial charge in [-0.25, -0.2) is 0 Å². The molecule has 1 atom stereocenters. The molecule has 25 heavy (non-hydrogen) atoms. The highest BCUT2D eigenvalue weighted by Gasteiger charge is 2.13. The van der Waals surface area contributed by atoms with Gasteiger partial charge in [0, 0.05) is 6.04 Å². The average molecular weight is 341 g/mol. The van der Waals surface area contributed by atoms with E-state index in [0.29, 0.717) is 5.75 Å². The van der Waals surface area contributed by atoms with Gasteiger partial charge in [0.05, 0.1) is 6.61 Å². The quantitative estimate of drug-likeness (QED) is 0.845. The van der Waals surface area contributed by atoms with Crippen LogP contribution in [-0.2, 0) is 10.2 Å². The number of hydrogen-bond acceptors (Lipinski definition) is 3. The number of nitrogens with one attached hydrogen (secondary N) is 1. The van der Waals surface area contributed by atoms with Crippen LogP contribution in [-0.4, -0.2) is 30.3 Å². The van der Waals surface area contributed by atoms with Crippen LogP contribution in [0.1, 0.15) is 33.3 Å². The van der Waals surface area contributed by atoms with Crippen LogP contribution in [0.2, 0.25) is 0 Å². The fourth-order valence-electron chi connectivity index (χ4n) is 2.42. The van der Waals surface area contributed by atoms with E-state index >= 15 is 0 Å². The first kappa shape index (κ1) is 19.0. The molecule has 2 aromatic rings. The smallest absolute Gasteiger partial charge is 0.258 e. The van der Waals surface area contributed by atoms with Crippen molar-refractivity contribution >= 4 is 5.91 Å². The molecule has 0 fully saturated rings. The number of hydrogen-bond donors (Lipinski definition) is 2. The SMILES string of the molecule is CC(CO)NC(=O)COc1ccc(-c2ccc(C(C)(C)C)cc2)cc1. The Labute approximate surface area is 149 Å². The van der Waals surface area contributed by atoms with Gasteiger partial charge in [-0.2, -0.15) is 0 Å². The van der Waals surface area contributed by atoms with Crippen molar-refractivity contribution in [3.63, 3.8) is 0 Å². The van der Waals surface area contributed by atoms with Crippen LogP contribution in [0.15, 0.2) is 48.5 Å². The fourth-order valence-corrected chi connectivity index (χ4v) is 2.42. The van der Waals surface area contributed by atoms with Crippen LogP contribution in [0.4, 0.5) is 0 Å².